The highest BCUT2D eigenvalue weighted by atomic mass is 35.5. The van der Waals surface area contributed by atoms with Gasteiger partial charge in [0.2, 0.25) is 11.8 Å². The number of aromatic nitrogens is 5. The van der Waals surface area contributed by atoms with Gasteiger partial charge in [-0.1, -0.05) is 11.6 Å². The van der Waals surface area contributed by atoms with Gasteiger partial charge in [-0.3, -0.25) is 5.32 Å². The zero-order chi connectivity index (χ0) is 26.8. The minimum atomic E-state index is -0.817. The quantitative estimate of drug-likeness (QED) is 0.243. The molecule has 5 rings (SSSR count). The van der Waals surface area contributed by atoms with E-state index >= 15 is 0 Å². The van der Waals surface area contributed by atoms with Gasteiger partial charge in [-0.15, -0.1) is 11.3 Å². The molecule has 0 spiro atoms. The van der Waals surface area contributed by atoms with Crippen molar-refractivity contribution in [3.05, 3.63) is 45.8 Å². The second-order valence-electron chi connectivity index (χ2n) is 7.74. The fraction of sp³-hybridized carbons (Fsp3) is 0.217. The Hall–Kier alpha value is -3.72. The summed E-state index contributed by atoms with van der Waals surface area (Å²) in [7, 11) is 1.52. The number of anilines is 1. The van der Waals surface area contributed by atoms with Crippen molar-refractivity contribution in [2.45, 2.75) is 13.5 Å². The minimum absolute atomic E-state index is 0.0146. The van der Waals surface area contributed by atoms with Crippen LogP contribution in [0.1, 0.15) is 10.6 Å². The Kier molecular flexibility index (Phi) is 7.46. The molecule has 38 heavy (non-hydrogen) atoms. The number of aliphatic hydroxyl groups excluding tert-OH is 1. The number of thiazole rings is 1. The van der Waals surface area contributed by atoms with Crippen molar-refractivity contribution in [1.29, 1.82) is 0 Å². The van der Waals surface area contributed by atoms with E-state index in [0.717, 1.165) is 22.7 Å². The predicted octanol–water partition coefficient (Wildman–Crippen LogP) is 4.99. The molecule has 0 fully saturated rings. The third-order valence-corrected chi connectivity index (χ3v) is 7.21. The van der Waals surface area contributed by atoms with Crippen LogP contribution >= 0.6 is 34.5 Å². The number of amides is 1. The number of halogens is 2. The highest BCUT2D eigenvalue weighted by Gasteiger charge is 2.20. The summed E-state index contributed by atoms with van der Waals surface area (Å²) in [4.78, 5) is 29.2. The number of rotatable bonds is 8. The molecule has 0 aliphatic carbocycles. The number of benzene rings is 2. The zero-order valence-corrected chi connectivity index (χ0v) is 22.2. The third-order valence-electron chi connectivity index (χ3n) is 5.13. The van der Waals surface area contributed by atoms with E-state index in [1.54, 1.807) is 0 Å². The van der Waals surface area contributed by atoms with E-state index in [0.29, 0.717) is 37.1 Å². The molecule has 0 aliphatic rings. The Morgan fingerprint density at radius 3 is 2.79 bits per heavy atom. The third kappa shape index (κ3) is 5.29. The Labute approximate surface area is 227 Å². The lowest BCUT2D eigenvalue weighted by molar-refractivity contribution is 0.136. The van der Waals surface area contributed by atoms with Crippen LogP contribution in [0.25, 0.3) is 31.8 Å². The molecule has 5 aromatic rings. The number of hydrogen-bond acceptors (Lipinski definition) is 12. The first kappa shape index (κ1) is 25.9. The van der Waals surface area contributed by atoms with Gasteiger partial charge in [-0.05, 0) is 36.2 Å². The lowest BCUT2D eigenvalue weighted by Gasteiger charge is -2.09. The largest absolute Gasteiger partial charge is 0.487 e. The minimum Gasteiger partial charge on any atom is -0.487 e. The van der Waals surface area contributed by atoms with Crippen molar-refractivity contribution in [3.8, 4) is 22.2 Å². The molecule has 0 radical (unpaired) electrons. The Balaban J connectivity index is 1.32. The topological polar surface area (TPSA) is 141 Å². The zero-order valence-electron chi connectivity index (χ0n) is 19.8. The molecule has 0 bridgehead atoms. The number of aliphatic hydroxyl groups is 1. The summed E-state index contributed by atoms with van der Waals surface area (Å²) in [6, 6.07) is 5.32. The van der Waals surface area contributed by atoms with Crippen LogP contribution in [0.2, 0.25) is 5.02 Å². The Morgan fingerprint density at radius 2 is 2.03 bits per heavy atom. The number of fused-ring (bicyclic) bond motifs is 2. The first-order valence-electron chi connectivity index (χ1n) is 11.0. The molecular weight excluding hydrogens is 559 g/mol. The van der Waals surface area contributed by atoms with Gasteiger partial charge in [0.15, 0.2) is 11.6 Å². The van der Waals surface area contributed by atoms with Crippen LogP contribution in [0.4, 0.5) is 15.1 Å². The number of methoxy groups -OCH3 is 1. The van der Waals surface area contributed by atoms with Crippen molar-refractivity contribution >= 4 is 67.8 Å². The van der Waals surface area contributed by atoms with Gasteiger partial charge in [-0.2, -0.15) is 4.37 Å². The maximum atomic E-state index is 15.0. The number of ether oxygens (including phenoxy) is 3. The average molecular weight is 577 g/mol. The summed E-state index contributed by atoms with van der Waals surface area (Å²) < 4.78 is 35.1. The summed E-state index contributed by atoms with van der Waals surface area (Å²) >= 11 is 8.56. The van der Waals surface area contributed by atoms with Gasteiger partial charge in [0.05, 0.1) is 35.6 Å². The summed E-state index contributed by atoms with van der Waals surface area (Å²) in [6.45, 7) is 1.33. The molecule has 3 heterocycles. The standard InChI is InChI=1S/C23H18ClFN6O5S2/c1-10-5-11(19-12(6-10)27-15(34-2)8-26-19)21-29-20-14(37-21)7-13(18(25)17(20)24)35-3-4-36-23(33)30-22-28-16(9-32)38-31-22/h5-8,32H,3-4,9H2,1-2H3,(H,30,31,33). The molecule has 0 atom stereocenters. The van der Waals surface area contributed by atoms with E-state index in [4.69, 9.17) is 30.9 Å². The average Bonchev–Trinajstić information content (AvgIpc) is 3.55. The van der Waals surface area contributed by atoms with Gasteiger partial charge >= 0.3 is 6.09 Å². The maximum Gasteiger partial charge on any atom is 0.414 e. The molecule has 1 amide bonds. The van der Waals surface area contributed by atoms with Gasteiger partial charge in [-0.25, -0.2) is 29.1 Å². The van der Waals surface area contributed by atoms with Gasteiger partial charge in [0.25, 0.3) is 0 Å². The first-order chi connectivity index (χ1) is 18.4. The molecule has 0 saturated carbocycles. The van der Waals surface area contributed by atoms with E-state index in [1.807, 2.05) is 19.1 Å². The van der Waals surface area contributed by atoms with E-state index in [9.17, 15) is 9.18 Å². The number of nitrogens with zero attached hydrogens (tertiary/aromatic N) is 5. The van der Waals surface area contributed by atoms with Crippen LogP contribution in [0.15, 0.2) is 24.4 Å². The molecule has 2 N–H and O–H groups in total. The molecular formula is C23H18ClFN6O5S2. The van der Waals surface area contributed by atoms with Crippen molar-refractivity contribution in [2.75, 3.05) is 25.6 Å². The van der Waals surface area contributed by atoms with Crippen LogP contribution in [-0.4, -0.2) is 55.8 Å². The normalized spacial score (nSPS) is 11.2. The summed E-state index contributed by atoms with van der Waals surface area (Å²) in [5.74, 6) is -0.473. The molecule has 0 aliphatic heterocycles. The molecule has 196 valence electrons. The SMILES string of the molecule is COc1cnc2c(-c3nc4c(Cl)c(F)c(OCCOC(=O)Nc5nsc(CO)n5)cc4s3)cc(C)cc2n1. The van der Waals surface area contributed by atoms with Crippen molar-refractivity contribution in [3.63, 3.8) is 0 Å². The van der Waals surface area contributed by atoms with E-state index in [2.05, 4.69) is 29.6 Å². The molecule has 0 saturated heterocycles. The fourth-order valence-electron chi connectivity index (χ4n) is 3.49. The van der Waals surface area contributed by atoms with E-state index in [1.165, 1.54) is 30.7 Å². The molecule has 15 heteroatoms. The predicted molar refractivity (Wildman–Crippen MR) is 141 cm³/mol. The van der Waals surface area contributed by atoms with Gasteiger partial charge < -0.3 is 19.3 Å². The summed E-state index contributed by atoms with van der Waals surface area (Å²) in [5.41, 5.74) is 3.23. The Bertz CT molecular complexity index is 1660. The number of carbonyl (C=O) groups is 1. The second kappa shape index (κ2) is 10.9. The van der Waals surface area contributed by atoms with E-state index in [-0.39, 0.29) is 36.5 Å². The van der Waals surface area contributed by atoms with Crippen molar-refractivity contribution < 1.29 is 28.5 Å². The fourth-order valence-corrected chi connectivity index (χ4v) is 5.27. The lowest BCUT2D eigenvalue weighted by Crippen LogP contribution is -2.18. The van der Waals surface area contributed by atoms with Crippen molar-refractivity contribution in [1.82, 2.24) is 24.3 Å². The molecule has 3 aromatic heterocycles. The van der Waals surface area contributed by atoms with Crippen molar-refractivity contribution in [2.24, 2.45) is 0 Å². The van der Waals surface area contributed by atoms with Crippen LogP contribution in [0, 0.1) is 12.7 Å². The molecule has 0 unspecified atom stereocenters. The van der Waals surface area contributed by atoms with E-state index < -0.39 is 11.9 Å². The Morgan fingerprint density at radius 1 is 1.18 bits per heavy atom. The first-order valence-corrected chi connectivity index (χ1v) is 12.9. The number of aryl methyl sites for hydroxylation is 1. The van der Waals surface area contributed by atoms with Gasteiger partial charge in [0.1, 0.15) is 33.8 Å². The monoisotopic (exact) mass is 576 g/mol. The van der Waals surface area contributed by atoms with Crippen LogP contribution in [0.3, 0.4) is 0 Å². The molecule has 2 aromatic carbocycles. The van der Waals surface area contributed by atoms with Crippen LogP contribution in [-0.2, 0) is 11.3 Å². The highest BCUT2D eigenvalue weighted by molar-refractivity contribution is 7.21. The second-order valence-corrected chi connectivity index (χ2v) is 9.99. The van der Waals surface area contributed by atoms with Gasteiger partial charge in [0, 0.05) is 11.6 Å². The number of hydrogen-bond donors (Lipinski definition) is 2. The van der Waals surface area contributed by atoms with Crippen LogP contribution in [0.5, 0.6) is 11.6 Å². The number of nitrogens with one attached hydrogen (secondary N) is 1. The van der Waals surface area contributed by atoms with Crippen LogP contribution < -0.4 is 14.8 Å². The smallest absolute Gasteiger partial charge is 0.414 e. The number of carbonyl (C=O) groups excluding carboxylic acids is 1. The lowest BCUT2D eigenvalue weighted by atomic mass is 10.1. The maximum absolute atomic E-state index is 15.0. The highest BCUT2D eigenvalue weighted by Crippen LogP contribution is 2.40. The summed E-state index contributed by atoms with van der Waals surface area (Å²) in [6.07, 6.45) is 0.706. The molecule has 11 nitrogen and oxygen atoms in total. The summed E-state index contributed by atoms with van der Waals surface area (Å²) in [5, 5.41) is 12.1.